The molecule has 2 aromatic carbocycles. The predicted molar refractivity (Wildman–Crippen MR) is 92.9 cm³/mol. The van der Waals surface area contributed by atoms with E-state index in [0.717, 1.165) is 16.8 Å². The zero-order valence-electron chi connectivity index (χ0n) is 14.0. The lowest BCUT2D eigenvalue weighted by Gasteiger charge is -2.17. The fourth-order valence-corrected chi connectivity index (χ4v) is 2.32. The second kappa shape index (κ2) is 8.82. The molecule has 24 heavy (non-hydrogen) atoms. The van der Waals surface area contributed by atoms with Gasteiger partial charge in [0.1, 0.15) is 19.0 Å². The summed E-state index contributed by atoms with van der Waals surface area (Å²) in [4.78, 5) is 11.1. The number of carbonyl (C=O) groups is 1. The van der Waals surface area contributed by atoms with Gasteiger partial charge in [-0.1, -0.05) is 30.8 Å². The summed E-state index contributed by atoms with van der Waals surface area (Å²) in [5, 5.41) is 1.84. The Labute approximate surface area is 141 Å². The van der Waals surface area contributed by atoms with E-state index in [9.17, 15) is 4.79 Å². The van der Waals surface area contributed by atoms with Gasteiger partial charge >= 0.3 is 5.97 Å². The van der Waals surface area contributed by atoms with Gasteiger partial charge in [0.25, 0.3) is 0 Å². The van der Waals surface area contributed by atoms with Crippen LogP contribution in [-0.2, 0) is 9.53 Å². The lowest BCUT2D eigenvalue weighted by Crippen LogP contribution is -2.10. The minimum Gasteiger partial charge on any atom is -0.490 e. The average molecular weight is 330 g/mol. The van der Waals surface area contributed by atoms with E-state index in [1.165, 1.54) is 0 Å². The maximum Gasteiger partial charge on any atom is 0.330 e. The maximum atomic E-state index is 11.1. The van der Waals surface area contributed by atoms with Gasteiger partial charge < -0.3 is 18.9 Å². The van der Waals surface area contributed by atoms with Crippen LogP contribution >= 0.6 is 0 Å². The molecule has 0 heterocycles. The standard InChI is InChI=1S/C19H22O5/c1-4-18(20)24-12-11-23-16-13-17(21-5-2)19(22-6-3)15-10-8-7-9-14(15)16/h4,7-10,13H,1,5-6,11-12H2,2-3H3. The number of rotatable bonds is 9. The summed E-state index contributed by atoms with van der Waals surface area (Å²) in [6, 6.07) is 9.61. The monoisotopic (exact) mass is 330 g/mol. The van der Waals surface area contributed by atoms with Crippen molar-refractivity contribution >= 4 is 16.7 Å². The minimum absolute atomic E-state index is 0.149. The van der Waals surface area contributed by atoms with E-state index >= 15 is 0 Å². The Bertz CT molecular complexity index is 708. The van der Waals surface area contributed by atoms with Crippen molar-refractivity contribution in [2.24, 2.45) is 0 Å². The summed E-state index contributed by atoms with van der Waals surface area (Å²) in [5.41, 5.74) is 0. The zero-order chi connectivity index (χ0) is 17.4. The third-order valence-electron chi connectivity index (χ3n) is 3.26. The second-order valence-corrected chi connectivity index (χ2v) is 4.83. The number of fused-ring (bicyclic) bond motifs is 1. The molecule has 0 atom stereocenters. The number of hydrogen-bond donors (Lipinski definition) is 0. The highest BCUT2D eigenvalue weighted by Gasteiger charge is 2.15. The van der Waals surface area contributed by atoms with Crippen molar-refractivity contribution in [1.29, 1.82) is 0 Å². The van der Waals surface area contributed by atoms with Gasteiger partial charge in [-0.2, -0.15) is 0 Å². The molecule has 0 aromatic heterocycles. The first-order valence-electron chi connectivity index (χ1n) is 7.94. The third kappa shape index (κ3) is 4.19. The van der Waals surface area contributed by atoms with E-state index in [1.807, 2.05) is 44.2 Å². The number of hydrogen-bond acceptors (Lipinski definition) is 5. The third-order valence-corrected chi connectivity index (χ3v) is 3.26. The topological polar surface area (TPSA) is 54.0 Å². The number of esters is 1. The summed E-state index contributed by atoms with van der Waals surface area (Å²) >= 11 is 0. The van der Waals surface area contributed by atoms with E-state index in [2.05, 4.69) is 6.58 Å². The van der Waals surface area contributed by atoms with Crippen molar-refractivity contribution in [3.05, 3.63) is 43.0 Å². The van der Waals surface area contributed by atoms with Gasteiger partial charge in [0, 0.05) is 22.9 Å². The molecule has 0 aliphatic heterocycles. The molecule has 0 aliphatic carbocycles. The van der Waals surface area contributed by atoms with Crippen LogP contribution in [0.3, 0.4) is 0 Å². The summed E-state index contributed by atoms with van der Waals surface area (Å²) in [6.07, 6.45) is 1.12. The van der Waals surface area contributed by atoms with Gasteiger partial charge in [0.15, 0.2) is 11.5 Å². The van der Waals surface area contributed by atoms with Crippen LogP contribution in [0.25, 0.3) is 10.8 Å². The van der Waals surface area contributed by atoms with Crippen molar-refractivity contribution in [3.8, 4) is 17.2 Å². The number of ether oxygens (including phenoxy) is 4. The minimum atomic E-state index is -0.467. The molecule has 0 saturated heterocycles. The zero-order valence-corrected chi connectivity index (χ0v) is 14.0. The molecule has 0 radical (unpaired) electrons. The Morgan fingerprint density at radius 2 is 1.71 bits per heavy atom. The molecule has 0 bridgehead atoms. The SMILES string of the molecule is C=CC(=O)OCCOc1cc(OCC)c(OCC)c2ccccc12. The summed E-state index contributed by atoms with van der Waals surface area (Å²) in [7, 11) is 0. The fraction of sp³-hybridized carbons (Fsp3) is 0.316. The molecule has 5 heteroatoms. The predicted octanol–water partition coefficient (Wildman–Crippen LogP) is 3.75. The van der Waals surface area contributed by atoms with Gasteiger partial charge in [-0.25, -0.2) is 4.79 Å². The molecular weight excluding hydrogens is 308 g/mol. The summed E-state index contributed by atoms with van der Waals surface area (Å²) in [5.74, 6) is 1.54. The van der Waals surface area contributed by atoms with Crippen LogP contribution in [0, 0.1) is 0 Å². The van der Waals surface area contributed by atoms with Crippen LogP contribution in [0.1, 0.15) is 13.8 Å². The molecule has 2 aromatic rings. The molecule has 0 aliphatic rings. The van der Waals surface area contributed by atoms with E-state index in [1.54, 1.807) is 0 Å². The van der Waals surface area contributed by atoms with Crippen LogP contribution in [0.15, 0.2) is 43.0 Å². The van der Waals surface area contributed by atoms with Crippen molar-refractivity contribution in [3.63, 3.8) is 0 Å². The van der Waals surface area contributed by atoms with Crippen LogP contribution in [-0.4, -0.2) is 32.4 Å². The Balaban J connectivity index is 2.29. The molecule has 0 saturated carbocycles. The molecule has 0 amide bonds. The molecule has 0 unspecified atom stereocenters. The van der Waals surface area contributed by atoms with Crippen molar-refractivity contribution in [2.75, 3.05) is 26.4 Å². The van der Waals surface area contributed by atoms with Gasteiger partial charge in [-0.3, -0.25) is 0 Å². The Morgan fingerprint density at radius 1 is 1.00 bits per heavy atom. The maximum absolute atomic E-state index is 11.1. The largest absolute Gasteiger partial charge is 0.490 e. The lowest BCUT2D eigenvalue weighted by molar-refractivity contribution is -0.138. The second-order valence-electron chi connectivity index (χ2n) is 4.83. The molecule has 0 N–H and O–H groups in total. The first kappa shape index (κ1) is 17.7. The fourth-order valence-electron chi connectivity index (χ4n) is 2.32. The summed E-state index contributed by atoms with van der Waals surface area (Å²) in [6.45, 7) is 8.66. The van der Waals surface area contributed by atoms with E-state index in [-0.39, 0.29) is 13.2 Å². The van der Waals surface area contributed by atoms with Gasteiger partial charge in [0.05, 0.1) is 13.2 Å². The van der Waals surface area contributed by atoms with Crippen LogP contribution in [0.4, 0.5) is 0 Å². The molecular formula is C19H22O5. The molecule has 0 spiro atoms. The average Bonchev–Trinajstić information content (AvgIpc) is 2.61. The normalized spacial score (nSPS) is 10.2. The number of benzene rings is 2. The van der Waals surface area contributed by atoms with Crippen molar-refractivity contribution in [2.45, 2.75) is 13.8 Å². The summed E-state index contributed by atoms with van der Waals surface area (Å²) < 4.78 is 22.2. The Hall–Kier alpha value is -2.69. The van der Waals surface area contributed by atoms with Gasteiger partial charge in [-0.05, 0) is 13.8 Å². The molecule has 128 valence electrons. The van der Waals surface area contributed by atoms with Crippen LogP contribution < -0.4 is 14.2 Å². The van der Waals surface area contributed by atoms with E-state index < -0.39 is 5.97 Å². The lowest BCUT2D eigenvalue weighted by atomic mass is 10.1. The first-order chi connectivity index (χ1) is 11.7. The number of carbonyl (C=O) groups excluding carboxylic acids is 1. The highest BCUT2D eigenvalue weighted by molar-refractivity contribution is 5.95. The van der Waals surface area contributed by atoms with E-state index in [4.69, 9.17) is 18.9 Å². The van der Waals surface area contributed by atoms with Gasteiger partial charge in [-0.15, -0.1) is 0 Å². The molecule has 0 fully saturated rings. The molecule has 2 rings (SSSR count). The quantitative estimate of drug-likeness (QED) is 0.398. The van der Waals surface area contributed by atoms with E-state index in [0.29, 0.717) is 30.5 Å². The van der Waals surface area contributed by atoms with Crippen molar-refractivity contribution < 1.29 is 23.7 Å². The Morgan fingerprint density at radius 3 is 2.38 bits per heavy atom. The van der Waals surface area contributed by atoms with Crippen molar-refractivity contribution in [1.82, 2.24) is 0 Å². The highest BCUT2D eigenvalue weighted by atomic mass is 16.6. The smallest absolute Gasteiger partial charge is 0.330 e. The highest BCUT2D eigenvalue weighted by Crippen LogP contribution is 2.41. The van der Waals surface area contributed by atoms with Gasteiger partial charge in [0.2, 0.25) is 0 Å². The van der Waals surface area contributed by atoms with Crippen LogP contribution in [0.5, 0.6) is 17.2 Å². The molecule has 5 nitrogen and oxygen atoms in total. The van der Waals surface area contributed by atoms with Crippen LogP contribution in [0.2, 0.25) is 0 Å². The Kier molecular flexibility index (Phi) is 6.49. The first-order valence-corrected chi connectivity index (χ1v) is 7.94.